The van der Waals surface area contributed by atoms with Gasteiger partial charge >= 0.3 is 0 Å². The van der Waals surface area contributed by atoms with Crippen LogP contribution in [-0.2, 0) is 6.54 Å². The zero-order valence-electron chi connectivity index (χ0n) is 10.1. The van der Waals surface area contributed by atoms with E-state index in [4.69, 9.17) is 10.5 Å². The van der Waals surface area contributed by atoms with Crippen LogP contribution >= 0.6 is 15.9 Å². The molecule has 1 aromatic rings. The lowest BCUT2D eigenvalue weighted by Crippen LogP contribution is -2.24. The van der Waals surface area contributed by atoms with E-state index in [0.29, 0.717) is 23.3 Å². The van der Waals surface area contributed by atoms with Crippen molar-refractivity contribution in [2.75, 3.05) is 13.1 Å². The first-order valence-electron chi connectivity index (χ1n) is 5.64. The van der Waals surface area contributed by atoms with E-state index < -0.39 is 0 Å². The number of ether oxygens (including phenoxy) is 1. The quantitative estimate of drug-likeness (QED) is 0.848. The molecule has 1 aromatic carbocycles. The average molecular weight is 305 g/mol. The molecule has 1 rings (SSSR count). The van der Waals surface area contributed by atoms with Crippen LogP contribution in [0.1, 0.15) is 19.4 Å². The molecule has 1 atom stereocenters. The Hall–Kier alpha value is -0.650. The van der Waals surface area contributed by atoms with Gasteiger partial charge in [0.1, 0.15) is 17.7 Å². The number of hydrogen-bond acceptors (Lipinski definition) is 3. The molecule has 0 aromatic heterocycles. The Morgan fingerprint density at radius 3 is 2.82 bits per heavy atom. The van der Waals surface area contributed by atoms with E-state index in [-0.39, 0.29) is 11.9 Å². The minimum atomic E-state index is -0.286. The maximum absolute atomic E-state index is 13.5. The second-order valence-corrected chi connectivity index (χ2v) is 4.58. The van der Waals surface area contributed by atoms with E-state index in [0.717, 1.165) is 12.1 Å². The van der Waals surface area contributed by atoms with E-state index in [1.54, 1.807) is 6.07 Å². The van der Waals surface area contributed by atoms with Crippen LogP contribution in [-0.4, -0.2) is 19.2 Å². The average Bonchev–Trinajstić information content (AvgIpc) is 2.33. The molecule has 0 aliphatic heterocycles. The van der Waals surface area contributed by atoms with Gasteiger partial charge in [-0.2, -0.15) is 0 Å². The van der Waals surface area contributed by atoms with Gasteiger partial charge in [0.2, 0.25) is 0 Å². The summed E-state index contributed by atoms with van der Waals surface area (Å²) in [5, 5.41) is 3.16. The molecule has 0 bridgehead atoms. The molecule has 0 spiro atoms. The zero-order valence-corrected chi connectivity index (χ0v) is 11.7. The number of rotatable bonds is 6. The van der Waals surface area contributed by atoms with Crippen LogP contribution in [0.2, 0.25) is 0 Å². The SMILES string of the molecule is CCNCc1c(OC(C)CN)ccc(F)c1Br. The molecule has 0 fully saturated rings. The van der Waals surface area contributed by atoms with E-state index in [9.17, 15) is 4.39 Å². The zero-order chi connectivity index (χ0) is 12.8. The molecule has 96 valence electrons. The number of nitrogens with one attached hydrogen (secondary N) is 1. The summed E-state index contributed by atoms with van der Waals surface area (Å²) in [6.45, 7) is 5.68. The Kier molecular flexibility index (Phi) is 5.88. The van der Waals surface area contributed by atoms with Crippen LogP contribution in [0.15, 0.2) is 16.6 Å². The second kappa shape index (κ2) is 6.93. The lowest BCUT2D eigenvalue weighted by molar-refractivity contribution is 0.226. The fraction of sp³-hybridized carbons (Fsp3) is 0.500. The summed E-state index contributed by atoms with van der Waals surface area (Å²) >= 11 is 3.25. The van der Waals surface area contributed by atoms with Gasteiger partial charge in [-0.15, -0.1) is 0 Å². The Morgan fingerprint density at radius 2 is 2.24 bits per heavy atom. The lowest BCUT2D eigenvalue weighted by atomic mass is 10.2. The second-order valence-electron chi connectivity index (χ2n) is 3.78. The van der Waals surface area contributed by atoms with Gasteiger partial charge in [-0.05, 0) is 41.5 Å². The minimum Gasteiger partial charge on any atom is -0.489 e. The number of benzene rings is 1. The van der Waals surface area contributed by atoms with Gasteiger partial charge < -0.3 is 15.8 Å². The van der Waals surface area contributed by atoms with Gasteiger partial charge in [0.15, 0.2) is 0 Å². The molecular formula is C12H18BrFN2O. The standard InChI is InChI=1S/C12H18BrFN2O/c1-3-16-7-9-11(17-8(2)6-15)5-4-10(14)12(9)13/h4-5,8,16H,3,6-7,15H2,1-2H3. The van der Waals surface area contributed by atoms with Crippen molar-refractivity contribution in [1.82, 2.24) is 5.32 Å². The van der Waals surface area contributed by atoms with Gasteiger partial charge in [-0.1, -0.05) is 6.92 Å². The van der Waals surface area contributed by atoms with Crippen molar-refractivity contribution in [3.05, 3.63) is 28.0 Å². The molecule has 5 heteroatoms. The molecule has 17 heavy (non-hydrogen) atoms. The van der Waals surface area contributed by atoms with Crippen LogP contribution < -0.4 is 15.8 Å². The van der Waals surface area contributed by atoms with Crippen LogP contribution in [0, 0.1) is 5.82 Å². The number of nitrogens with two attached hydrogens (primary N) is 1. The molecule has 3 N–H and O–H groups in total. The maximum Gasteiger partial charge on any atom is 0.137 e. The predicted octanol–water partition coefficient (Wildman–Crippen LogP) is 2.42. The van der Waals surface area contributed by atoms with Crippen molar-refractivity contribution in [3.63, 3.8) is 0 Å². The van der Waals surface area contributed by atoms with E-state index in [1.165, 1.54) is 6.07 Å². The summed E-state index contributed by atoms with van der Waals surface area (Å²) in [5.41, 5.74) is 6.30. The number of halogens is 2. The highest BCUT2D eigenvalue weighted by Gasteiger charge is 2.13. The molecule has 0 heterocycles. The first-order chi connectivity index (χ1) is 8.10. The van der Waals surface area contributed by atoms with Crippen molar-refractivity contribution in [3.8, 4) is 5.75 Å². The van der Waals surface area contributed by atoms with E-state index in [2.05, 4.69) is 21.2 Å². The maximum atomic E-state index is 13.5. The first-order valence-corrected chi connectivity index (χ1v) is 6.43. The summed E-state index contributed by atoms with van der Waals surface area (Å²) in [4.78, 5) is 0. The van der Waals surface area contributed by atoms with Crippen LogP contribution in [0.3, 0.4) is 0 Å². The van der Waals surface area contributed by atoms with Crippen molar-refractivity contribution in [2.24, 2.45) is 5.73 Å². The van der Waals surface area contributed by atoms with Gasteiger partial charge in [0.25, 0.3) is 0 Å². The highest BCUT2D eigenvalue weighted by molar-refractivity contribution is 9.10. The van der Waals surface area contributed by atoms with Crippen LogP contribution in [0.4, 0.5) is 4.39 Å². The molecule has 0 aliphatic carbocycles. The summed E-state index contributed by atoms with van der Waals surface area (Å²) < 4.78 is 19.6. The molecule has 0 aliphatic rings. The van der Waals surface area contributed by atoms with Crippen molar-refractivity contribution in [2.45, 2.75) is 26.5 Å². The van der Waals surface area contributed by atoms with Gasteiger partial charge in [-0.3, -0.25) is 0 Å². The van der Waals surface area contributed by atoms with Gasteiger partial charge in [0, 0.05) is 18.7 Å². The van der Waals surface area contributed by atoms with E-state index in [1.807, 2.05) is 13.8 Å². The molecule has 3 nitrogen and oxygen atoms in total. The van der Waals surface area contributed by atoms with Crippen molar-refractivity contribution in [1.29, 1.82) is 0 Å². The lowest BCUT2D eigenvalue weighted by Gasteiger charge is -2.17. The molecule has 0 amide bonds. The van der Waals surface area contributed by atoms with Gasteiger partial charge in [-0.25, -0.2) is 4.39 Å². The minimum absolute atomic E-state index is 0.0901. The third-order valence-electron chi connectivity index (χ3n) is 2.36. The summed E-state index contributed by atoms with van der Waals surface area (Å²) in [6.07, 6.45) is -0.0901. The highest BCUT2D eigenvalue weighted by Crippen LogP contribution is 2.30. The van der Waals surface area contributed by atoms with Crippen LogP contribution in [0.5, 0.6) is 5.75 Å². The van der Waals surface area contributed by atoms with E-state index >= 15 is 0 Å². The first kappa shape index (κ1) is 14.4. The van der Waals surface area contributed by atoms with Crippen molar-refractivity contribution >= 4 is 15.9 Å². The molecule has 0 saturated carbocycles. The Labute approximate surface area is 110 Å². The summed E-state index contributed by atoms with van der Waals surface area (Å²) in [6, 6.07) is 3.02. The Bertz CT molecular complexity index is 374. The third kappa shape index (κ3) is 3.94. The topological polar surface area (TPSA) is 47.3 Å². The van der Waals surface area contributed by atoms with Gasteiger partial charge in [0.05, 0.1) is 4.47 Å². The van der Waals surface area contributed by atoms with Crippen LogP contribution in [0.25, 0.3) is 0 Å². The molecule has 0 saturated heterocycles. The Morgan fingerprint density at radius 1 is 1.53 bits per heavy atom. The summed E-state index contributed by atoms with van der Waals surface area (Å²) in [7, 11) is 0. The molecule has 0 radical (unpaired) electrons. The Balaban J connectivity index is 2.97. The highest BCUT2D eigenvalue weighted by atomic mass is 79.9. The van der Waals surface area contributed by atoms with Crippen molar-refractivity contribution < 1.29 is 9.13 Å². The fourth-order valence-electron chi connectivity index (χ4n) is 1.36. The molecular weight excluding hydrogens is 287 g/mol. The third-order valence-corrected chi connectivity index (χ3v) is 3.22. The summed E-state index contributed by atoms with van der Waals surface area (Å²) in [5.74, 6) is 0.378. The fourth-order valence-corrected chi connectivity index (χ4v) is 1.83. The normalized spacial score (nSPS) is 12.5. The smallest absolute Gasteiger partial charge is 0.137 e. The monoisotopic (exact) mass is 304 g/mol. The number of hydrogen-bond donors (Lipinski definition) is 2. The predicted molar refractivity (Wildman–Crippen MR) is 70.6 cm³/mol. The molecule has 1 unspecified atom stereocenters. The largest absolute Gasteiger partial charge is 0.489 e.